The summed E-state index contributed by atoms with van der Waals surface area (Å²) in [7, 11) is 0. The summed E-state index contributed by atoms with van der Waals surface area (Å²) in [5, 5.41) is 0. The smallest absolute Gasteiger partial charge is 0.434 e. The van der Waals surface area contributed by atoms with Gasteiger partial charge in [0.25, 0.3) is 0 Å². The normalized spacial score (nSPS) is 14.8. The molecule has 0 N–H and O–H groups in total. The van der Waals surface area contributed by atoms with Crippen LogP contribution in [0.4, 0.5) is 4.79 Å². The van der Waals surface area contributed by atoms with Crippen LogP contribution < -0.4 is 0 Å². The highest BCUT2D eigenvalue weighted by Crippen LogP contribution is 2.21. The highest BCUT2D eigenvalue weighted by Gasteiger charge is 2.22. The van der Waals surface area contributed by atoms with E-state index in [9.17, 15) is 9.59 Å². The molecule has 1 aliphatic heterocycles. The van der Waals surface area contributed by atoms with E-state index < -0.39 is 6.16 Å². The summed E-state index contributed by atoms with van der Waals surface area (Å²) in [4.78, 5) is 23.3. The van der Waals surface area contributed by atoms with Crippen molar-refractivity contribution < 1.29 is 19.1 Å². The molecule has 4 heteroatoms. The molecule has 0 unspecified atom stereocenters. The van der Waals surface area contributed by atoms with Gasteiger partial charge in [-0.1, -0.05) is 68.0 Å². The number of hydrogen-bond acceptors (Lipinski definition) is 4. The lowest BCUT2D eigenvalue weighted by molar-refractivity contribution is 0.00721. The summed E-state index contributed by atoms with van der Waals surface area (Å²) >= 11 is 0. The summed E-state index contributed by atoms with van der Waals surface area (Å²) < 4.78 is 9.83. The zero-order chi connectivity index (χ0) is 19.1. The Morgan fingerprint density at radius 2 is 1.70 bits per heavy atom. The van der Waals surface area contributed by atoms with E-state index in [1.165, 1.54) is 18.4 Å². The van der Waals surface area contributed by atoms with Gasteiger partial charge in [0.15, 0.2) is 5.78 Å². The van der Waals surface area contributed by atoms with Gasteiger partial charge in [0, 0.05) is 5.56 Å². The molecule has 0 spiro atoms. The van der Waals surface area contributed by atoms with Gasteiger partial charge < -0.3 is 9.47 Å². The Balaban J connectivity index is 1.58. The van der Waals surface area contributed by atoms with Gasteiger partial charge in [-0.2, -0.15) is 0 Å². The van der Waals surface area contributed by atoms with Crippen LogP contribution in [0.25, 0.3) is 6.08 Å². The predicted molar refractivity (Wildman–Crippen MR) is 105 cm³/mol. The second kappa shape index (κ2) is 9.17. The third kappa shape index (κ3) is 5.30. The van der Waals surface area contributed by atoms with Crippen molar-refractivity contribution in [1.29, 1.82) is 0 Å². The van der Waals surface area contributed by atoms with Crippen LogP contribution in [0.5, 0.6) is 0 Å². The van der Waals surface area contributed by atoms with E-state index in [4.69, 9.17) is 9.47 Å². The Kier molecular flexibility index (Phi) is 6.42. The van der Waals surface area contributed by atoms with Gasteiger partial charge in [-0.15, -0.1) is 0 Å². The number of allylic oxidation sites excluding steroid dienone is 1. The quantitative estimate of drug-likeness (QED) is 0.386. The molecule has 1 heterocycles. The fourth-order valence-corrected chi connectivity index (χ4v) is 2.98. The van der Waals surface area contributed by atoms with Crippen LogP contribution >= 0.6 is 0 Å². The zero-order valence-electron chi connectivity index (χ0n) is 15.5. The Hall–Kier alpha value is -2.88. The highest BCUT2D eigenvalue weighted by atomic mass is 16.7. The van der Waals surface area contributed by atoms with Crippen molar-refractivity contribution in [1.82, 2.24) is 0 Å². The number of ether oxygens (including phenoxy) is 2. The van der Waals surface area contributed by atoms with E-state index in [0.717, 1.165) is 17.5 Å². The summed E-state index contributed by atoms with van der Waals surface area (Å²) in [5.41, 5.74) is 3.96. The summed E-state index contributed by atoms with van der Waals surface area (Å²) in [5.74, 6) is 0.0438. The number of cyclic esters (lactones) is 2. The van der Waals surface area contributed by atoms with Crippen molar-refractivity contribution in [2.75, 3.05) is 13.2 Å². The molecule has 27 heavy (non-hydrogen) atoms. The molecule has 2 aromatic carbocycles. The molecule has 0 saturated carbocycles. The Morgan fingerprint density at radius 3 is 2.33 bits per heavy atom. The largest absolute Gasteiger partial charge is 0.508 e. The molecule has 0 aromatic heterocycles. The van der Waals surface area contributed by atoms with Crippen LogP contribution in [0.1, 0.15) is 52.7 Å². The number of aryl methyl sites for hydroxylation is 1. The second-order valence-corrected chi connectivity index (χ2v) is 6.73. The van der Waals surface area contributed by atoms with Crippen LogP contribution in [0.2, 0.25) is 0 Å². The van der Waals surface area contributed by atoms with E-state index in [1.54, 1.807) is 6.08 Å². The van der Waals surface area contributed by atoms with Gasteiger partial charge in [0.1, 0.15) is 13.2 Å². The summed E-state index contributed by atoms with van der Waals surface area (Å²) in [6.45, 7) is 2.84. The highest BCUT2D eigenvalue weighted by molar-refractivity contribution is 6.06. The van der Waals surface area contributed by atoms with Crippen LogP contribution in [0.3, 0.4) is 0 Å². The number of ketones is 1. The molecule has 0 amide bonds. The van der Waals surface area contributed by atoms with Crippen molar-refractivity contribution in [2.24, 2.45) is 0 Å². The molecule has 1 aliphatic rings. The van der Waals surface area contributed by atoms with Gasteiger partial charge in [0.05, 0.1) is 5.92 Å². The van der Waals surface area contributed by atoms with Crippen LogP contribution in [0.15, 0.2) is 54.6 Å². The van der Waals surface area contributed by atoms with E-state index in [-0.39, 0.29) is 11.7 Å². The van der Waals surface area contributed by atoms with Gasteiger partial charge in [-0.25, -0.2) is 4.79 Å². The maximum atomic E-state index is 12.3. The van der Waals surface area contributed by atoms with E-state index in [2.05, 4.69) is 6.92 Å². The SMILES string of the molecule is CCCCc1ccc(C(=O)/C=C/c2ccc(C3COC(=O)OC3)cc2)cc1. The minimum atomic E-state index is -0.609. The monoisotopic (exact) mass is 364 g/mol. The van der Waals surface area contributed by atoms with Crippen LogP contribution in [0, 0.1) is 0 Å². The first kappa shape index (κ1) is 18.9. The van der Waals surface area contributed by atoms with E-state index >= 15 is 0 Å². The number of benzene rings is 2. The lowest BCUT2D eigenvalue weighted by Crippen LogP contribution is -2.25. The van der Waals surface area contributed by atoms with E-state index in [0.29, 0.717) is 18.8 Å². The topological polar surface area (TPSA) is 52.6 Å². The Morgan fingerprint density at radius 1 is 1.04 bits per heavy atom. The average Bonchev–Trinajstić information content (AvgIpc) is 2.72. The molecule has 0 bridgehead atoms. The molecule has 3 rings (SSSR count). The number of carbonyl (C=O) groups excluding carboxylic acids is 2. The molecular formula is C23H24O4. The third-order valence-electron chi connectivity index (χ3n) is 4.70. The van der Waals surface area contributed by atoms with Crippen molar-refractivity contribution in [3.8, 4) is 0 Å². The lowest BCUT2D eigenvalue weighted by Gasteiger charge is -2.22. The third-order valence-corrected chi connectivity index (χ3v) is 4.70. The molecular weight excluding hydrogens is 340 g/mol. The standard InChI is InChI=1S/C23H24O4/c1-2-3-4-17-7-12-20(13-8-17)22(24)14-9-18-5-10-19(11-6-18)21-15-26-23(25)27-16-21/h5-14,21H,2-4,15-16H2,1H3/b14-9+. The lowest BCUT2D eigenvalue weighted by atomic mass is 9.98. The van der Waals surface area contributed by atoms with E-state index in [1.807, 2.05) is 54.6 Å². The van der Waals surface area contributed by atoms with Gasteiger partial charge in [-0.3, -0.25) is 4.79 Å². The summed E-state index contributed by atoms with van der Waals surface area (Å²) in [6.07, 6.45) is 6.19. The van der Waals surface area contributed by atoms with Gasteiger partial charge in [-0.05, 0) is 35.6 Å². The minimum absolute atomic E-state index is 0.00582. The van der Waals surface area contributed by atoms with Crippen molar-refractivity contribution in [3.63, 3.8) is 0 Å². The molecule has 1 saturated heterocycles. The average molecular weight is 364 g/mol. The second-order valence-electron chi connectivity index (χ2n) is 6.73. The fourth-order valence-electron chi connectivity index (χ4n) is 2.98. The number of hydrogen-bond donors (Lipinski definition) is 0. The molecule has 0 atom stereocenters. The number of unbranched alkanes of at least 4 members (excludes halogenated alkanes) is 1. The first-order chi connectivity index (χ1) is 13.2. The fraction of sp³-hybridized carbons (Fsp3) is 0.304. The molecule has 0 radical (unpaired) electrons. The number of rotatable bonds is 7. The molecule has 140 valence electrons. The first-order valence-electron chi connectivity index (χ1n) is 9.36. The Bertz CT molecular complexity index is 793. The van der Waals surface area contributed by atoms with Crippen molar-refractivity contribution >= 4 is 18.0 Å². The minimum Gasteiger partial charge on any atom is -0.434 e. The molecule has 0 aliphatic carbocycles. The molecule has 2 aromatic rings. The van der Waals surface area contributed by atoms with Crippen molar-refractivity contribution in [2.45, 2.75) is 32.1 Å². The zero-order valence-corrected chi connectivity index (χ0v) is 15.5. The predicted octanol–water partition coefficient (Wildman–Crippen LogP) is 5.18. The summed E-state index contributed by atoms with van der Waals surface area (Å²) in [6, 6.07) is 15.7. The van der Waals surface area contributed by atoms with Crippen LogP contribution in [-0.2, 0) is 15.9 Å². The molecule has 4 nitrogen and oxygen atoms in total. The number of carbonyl (C=O) groups is 2. The van der Waals surface area contributed by atoms with Crippen molar-refractivity contribution in [3.05, 3.63) is 76.9 Å². The first-order valence-corrected chi connectivity index (χ1v) is 9.36. The maximum Gasteiger partial charge on any atom is 0.508 e. The Labute approximate surface area is 159 Å². The molecule has 1 fully saturated rings. The van der Waals surface area contributed by atoms with Crippen LogP contribution in [-0.4, -0.2) is 25.2 Å². The maximum absolute atomic E-state index is 12.3. The van der Waals surface area contributed by atoms with Gasteiger partial charge >= 0.3 is 6.16 Å². The van der Waals surface area contributed by atoms with Gasteiger partial charge in [0.2, 0.25) is 0 Å².